The quantitative estimate of drug-likeness (QED) is 0.509. The molecule has 6 fully saturated rings. The van der Waals surface area contributed by atoms with E-state index in [1.165, 1.54) is 64.2 Å². The normalized spacial score (nSPS) is 49.7. The summed E-state index contributed by atoms with van der Waals surface area (Å²) in [5, 5.41) is 0.932. The summed E-state index contributed by atoms with van der Waals surface area (Å²) in [5.41, 5.74) is 0. The summed E-state index contributed by atoms with van der Waals surface area (Å²) in [6.07, 6.45) is 13.7. The van der Waals surface area contributed by atoms with E-state index in [1.807, 2.05) is 0 Å². The lowest BCUT2D eigenvalue weighted by molar-refractivity contribution is 0.181. The minimum atomic E-state index is 0.466. The summed E-state index contributed by atoms with van der Waals surface area (Å²) in [4.78, 5) is 0. The molecule has 18 heavy (non-hydrogen) atoms. The molecule has 2 unspecified atom stereocenters. The van der Waals surface area contributed by atoms with Crippen LogP contribution in [0.15, 0.2) is 0 Å². The fourth-order valence-corrected chi connectivity index (χ4v) is 5.60. The lowest BCUT2D eigenvalue weighted by Gasteiger charge is -2.39. The number of halogens is 2. The molecule has 2 atom stereocenters. The van der Waals surface area contributed by atoms with E-state index in [4.69, 9.17) is 23.2 Å². The van der Waals surface area contributed by atoms with Crippen LogP contribution >= 0.6 is 23.2 Å². The van der Waals surface area contributed by atoms with Crippen molar-refractivity contribution in [2.75, 3.05) is 0 Å². The summed E-state index contributed by atoms with van der Waals surface area (Å²) in [6, 6.07) is 0. The Hall–Kier alpha value is 0.580. The van der Waals surface area contributed by atoms with Crippen LogP contribution in [0.3, 0.4) is 0 Å². The smallest absolute Gasteiger partial charge is 0.0366 e. The van der Waals surface area contributed by atoms with E-state index in [9.17, 15) is 0 Å². The fraction of sp³-hybridized carbons (Fsp3) is 1.00. The maximum Gasteiger partial charge on any atom is 0.0366 e. The molecule has 0 aromatic carbocycles. The van der Waals surface area contributed by atoms with Crippen molar-refractivity contribution in [1.82, 2.24) is 0 Å². The van der Waals surface area contributed by atoms with E-state index >= 15 is 0 Å². The lowest BCUT2D eigenvalue weighted by atomic mass is 9.71. The SMILES string of the molecule is ClC1CC2CCC1CCC1CCC(CC2)C(Cl)C1. The molecule has 0 aromatic heterocycles. The van der Waals surface area contributed by atoms with Crippen LogP contribution in [0.1, 0.15) is 64.2 Å². The standard InChI is InChI=1S/C16H26Cl2/c17-15-9-11-1-5-13(15)8-4-12-2-6-14(7-3-11)16(18)10-12/h11-16H,1-10H2. The lowest BCUT2D eigenvalue weighted by Crippen LogP contribution is -2.31. The molecule has 0 saturated heterocycles. The van der Waals surface area contributed by atoms with Crippen molar-refractivity contribution >= 4 is 23.2 Å². The van der Waals surface area contributed by atoms with Gasteiger partial charge in [-0.3, -0.25) is 0 Å². The molecule has 0 aromatic rings. The Bertz CT molecular complexity index is 250. The van der Waals surface area contributed by atoms with Gasteiger partial charge < -0.3 is 0 Å². The average Bonchev–Trinajstić information content (AvgIpc) is 2.34. The number of alkyl halides is 2. The molecule has 0 spiro atoms. The Labute approximate surface area is 122 Å². The average molecular weight is 289 g/mol. The zero-order valence-electron chi connectivity index (χ0n) is 11.3. The molecule has 0 aliphatic heterocycles. The van der Waals surface area contributed by atoms with Crippen molar-refractivity contribution in [2.45, 2.75) is 75.0 Å². The molecular formula is C16H26Cl2. The molecular weight excluding hydrogens is 263 g/mol. The predicted molar refractivity (Wildman–Crippen MR) is 79.4 cm³/mol. The number of rotatable bonds is 0. The first kappa shape index (κ1) is 13.6. The Balaban J connectivity index is 1.70. The molecule has 6 rings (SSSR count). The Morgan fingerprint density at radius 3 is 1.11 bits per heavy atom. The van der Waals surface area contributed by atoms with E-state index in [-0.39, 0.29) is 0 Å². The molecule has 4 bridgehead atoms. The molecule has 6 aliphatic carbocycles. The third-order valence-corrected chi connectivity index (χ3v) is 6.99. The first-order valence-corrected chi connectivity index (χ1v) is 8.87. The Morgan fingerprint density at radius 2 is 0.833 bits per heavy atom. The third-order valence-electron chi connectivity index (χ3n) is 5.92. The highest BCUT2D eigenvalue weighted by atomic mass is 35.5. The number of hydrogen-bond donors (Lipinski definition) is 0. The van der Waals surface area contributed by atoms with Crippen LogP contribution in [-0.2, 0) is 0 Å². The summed E-state index contributed by atoms with van der Waals surface area (Å²) < 4.78 is 0. The molecule has 2 heteroatoms. The molecule has 0 amide bonds. The predicted octanol–water partition coefficient (Wildman–Crippen LogP) is 5.61. The second-order valence-corrected chi connectivity index (χ2v) is 8.19. The van der Waals surface area contributed by atoms with Crippen molar-refractivity contribution in [3.63, 3.8) is 0 Å². The summed E-state index contributed by atoms with van der Waals surface area (Å²) in [6.45, 7) is 0. The molecule has 0 heterocycles. The topological polar surface area (TPSA) is 0 Å². The summed E-state index contributed by atoms with van der Waals surface area (Å²) >= 11 is 13.2. The van der Waals surface area contributed by atoms with Crippen molar-refractivity contribution < 1.29 is 0 Å². The van der Waals surface area contributed by atoms with Crippen LogP contribution in [0, 0.1) is 23.7 Å². The minimum absolute atomic E-state index is 0.466. The highest BCUT2D eigenvalue weighted by Crippen LogP contribution is 2.44. The second kappa shape index (κ2) is 5.92. The largest absolute Gasteiger partial charge is 0.123 e. The highest BCUT2D eigenvalue weighted by Gasteiger charge is 2.34. The van der Waals surface area contributed by atoms with E-state index in [0.717, 1.165) is 23.7 Å². The van der Waals surface area contributed by atoms with Crippen LogP contribution in [0.4, 0.5) is 0 Å². The van der Waals surface area contributed by atoms with Crippen LogP contribution in [-0.4, -0.2) is 10.8 Å². The maximum absolute atomic E-state index is 6.61. The monoisotopic (exact) mass is 288 g/mol. The number of hydrogen-bond acceptors (Lipinski definition) is 0. The van der Waals surface area contributed by atoms with Gasteiger partial charge in [-0.2, -0.15) is 0 Å². The molecule has 6 aliphatic rings. The van der Waals surface area contributed by atoms with Gasteiger partial charge in [-0.05, 0) is 62.2 Å². The van der Waals surface area contributed by atoms with E-state index < -0.39 is 0 Å². The van der Waals surface area contributed by atoms with E-state index in [2.05, 4.69) is 0 Å². The minimum Gasteiger partial charge on any atom is -0.123 e. The fourth-order valence-electron chi connectivity index (χ4n) is 4.59. The maximum atomic E-state index is 6.61. The van der Waals surface area contributed by atoms with Gasteiger partial charge in [-0.25, -0.2) is 0 Å². The van der Waals surface area contributed by atoms with E-state index in [1.54, 1.807) is 0 Å². The Morgan fingerprint density at radius 1 is 0.500 bits per heavy atom. The van der Waals surface area contributed by atoms with Crippen molar-refractivity contribution in [3.05, 3.63) is 0 Å². The van der Waals surface area contributed by atoms with Gasteiger partial charge in [-0.1, -0.05) is 25.7 Å². The van der Waals surface area contributed by atoms with Gasteiger partial charge in [0.1, 0.15) is 0 Å². The van der Waals surface area contributed by atoms with Crippen LogP contribution < -0.4 is 0 Å². The van der Waals surface area contributed by atoms with Crippen molar-refractivity contribution in [1.29, 1.82) is 0 Å². The van der Waals surface area contributed by atoms with Gasteiger partial charge in [0.25, 0.3) is 0 Å². The van der Waals surface area contributed by atoms with Gasteiger partial charge in [0.15, 0.2) is 0 Å². The summed E-state index contributed by atoms with van der Waals surface area (Å²) in [5.74, 6) is 3.39. The second-order valence-electron chi connectivity index (χ2n) is 7.07. The van der Waals surface area contributed by atoms with Gasteiger partial charge in [0.05, 0.1) is 0 Å². The first-order chi connectivity index (χ1) is 8.72. The first-order valence-electron chi connectivity index (χ1n) is 8.00. The van der Waals surface area contributed by atoms with Crippen molar-refractivity contribution in [2.24, 2.45) is 23.7 Å². The van der Waals surface area contributed by atoms with Gasteiger partial charge in [-0.15, -0.1) is 23.2 Å². The van der Waals surface area contributed by atoms with Crippen LogP contribution in [0.5, 0.6) is 0 Å². The van der Waals surface area contributed by atoms with Crippen molar-refractivity contribution in [3.8, 4) is 0 Å². The van der Waals surface area contributed by atoms with Crippen LogP contribution in [0.2, 0.25) is 0 Å². The zero-order chi connectivity index (χ0) is 12.5. The highest BCUT2D eigenvalue weighted by molar-refractivity contribution is 6.21. The van der Waals surface area contributed by atoms with E-state index in [0.29, 0.717) is 10.8 Å². The molecule has 104 valence electrons. The molecule has 0 N–H and O–H groups in total. The zero-order valence-corrected chi connectivity index (χ0v) is 12.8. The molecule has 0 nitrogen and oxygen atoms in total. The summed E-state index contributed by atoms with van der Waals surface area (Å²) in [7, 11) is 0. The van der Waals surface area contributed by atoms with Crippen LogP contribution in [0.25, 0.3) is 0 Å². The molecule has 6 saturated carbocycles. The Kier molecular flexibility index (Phi) is 4.46. The third kappa shape index (κ3) is 3.01. The van der Waals surface area contributed by atoms with Gasteiger partial charge in [0.2, 0.25) is 0 Å². The van der Waals surface area contributed by atoms with Gasteiger partial charge >= 0.3 is 0 Å². The van der Waals surface area contributed by atoms with Gasteiger partial charge in [0, 0.05) is 10.8 Å². The molecule has 0 radical (unpaired) electrons.